The number of aromatic nitrogens is 1. The lowest BCUT2D eigenvalue weighted by Crippen LogP contribution is -2.48. The molecule has 0 amide bonds. The molecule has 1 fully saturated rings. The fourth-order valence-electron chi connectivity index (χ4n) is 2.89. The van der Waals surface area contributed by atoms with Crippen molar-refractivity contribution < 1.29 is 9.84 Å². The summed E-state index contributed by atoms with van der Waals surface area (Å²) in [6.07, 6.45) is -0.000817. The molecule has 2 heterocycles. The van der Waals surface area contributed by atoms with Gasteiger partial charge in [0.15, 0.2) is 0 Å². The second-order valence-electron chi connectivity index (χ2n) is 5.46. The molecule has 20 heavy (non-hydrogen) atoms. The number of ether oxygens (including phenoxy) is 1. The molecule has 1 saturated heterocycles. The van der Waals surface area contributed by atoms with E-state index in [0.717, 1.165) is 23.1 Å². The van der Waals surface area contributed by atoms with E-state index in [4.69, 9.17) is 4.74 Å². The van der Waals surface area contributed by atoms with Crippen molar-refractivity contribution in [3.05, 3.63) is 36.0 Å². The highest BCUT2D eigenvalue weighted by molar-refractivity contribution is 5.92. The maximum Gasteiger partial charge on any atom is 0.0984 e. The molecule has 1 aliphatic rings. The zero-order valence-electron chi connectivity index (χ0n) is 11.9. The number of hydrogen-bond acceptors (Lipinski definition) is 4. The van der Waals surface area contributed by atoms with Crippen LogP contribution in [0.5, 0.6) is 0 Å². The topological polar surface area (TPSA) is 45.6 Å². The minimum atomic E-state index is -0.119. The number of aliphatic hydroxyl groups excluding tert-OH is 1. The van der Waals surface area contributed by atoms with Gasteiger partial charge in [0.05, 0.1) is 24.3 Å². The van der Waals surface area contributed by atoms with Crippen LogP contribution in [0.1, 0.15) is 12.6 Å². The van der Waals surface area contributed by atoms with E-state index in [1.807, 2.05) is 32.0 Å². The van der Waals surface area contributed by atoms with Crippen LogP contribution >= 0.6 is 0 Å². The zero-order chi connectivity index (χ0) is 14.1. The molecule has 4 heteroatoms. The Morgan fingerprint density at radius 3 is 2.95 bits per heavy atom. The van der Waals surface area contributed by atoms with Gasteiger partial charge in [-0.3, -0.25) is 4.98 Å². The molecule has 0 spiro atoms. The standard InChI is InChI=1S/C16H20N2O2/c1-11-7-16(14-5-3-4-6-15(14)17-11)18-8-12(2)20-13(9-18)10-19/h3-7,12-13,19H,8-10H2,1-2H3. The number of fused-ring (bicyclic) bond motifs is 1. The summed E-state index contributed by atoms with van der Waals surface area (Å²) >= 11 is 0. The van der Waals surface area contributed by atoms with Gasteiger partial charge in [-0.2, -0.15) is 0 Å². The highest BCUT2D eigenvalue weighted by Crippen LogP contribution is 2.29. The second-order valence-corrected chi connectivity index (χ2v) is 5.46. The molecule has 0 saturated carbocycles. The number of morpholine rings is 1. The van der Waals surface area contributed by atoms with Crippen LogP contribution in [0.15, 0.2) is 30.3 Å². The first-order chi connectivity index (χ1) is 9.67. The molecular weight excluding hydrogens is 252 g/mol. The van der Waals surface area contributed by atoms with Gasteiger partial charge in [-0.15, -0.1) is 0 Å². The summed E-state index contributed by atoms with van der Waals surface area (Å²) in [6, 6.07) is 10.3. The summed E-state index contributed by atoms with van der Waals surface area (Å²) < 4.78 is 5.72. The number of aliphatic hydroxyl groups is 1. The van der Waals surface area contributed by atoms with Crippen molar-refractivity contribution in [3.8, 4) is 0 Å². The largest absolute Gasteiger partial charge is 0.394 e. The van der Waals surface area contributed by atoms with Gasteiger partial charge in [-0.25, -0.2) is 0 Å². The predicted octanol–water partition coefficient (Wildman–Crippen LogP) is 2.13. The lowest BCUT2D eigenvalue weighted by Gasteiger charge is -2.38. The first-order valence-corrected chi connectivity index (χ1v) is 7.05. The first-order valence-electron chi connectivity index (χ1n) is 7.05. The monoisotopic (exact) mass is 272 g/mol. The van der Waals surface area contributed by atoms with E-state index in [1.54, 1.807) is 0 Å². The molecule has 1 aromatic heterocycles. The van der Waals surface area contributed by atoms with Gasteiger partial charge >= 0.3 is 0 Å². The van der Waals surface area contributed by atoms with E-state index >= 15 is 0 Å². The average Bonchev–Trinajstić information content (AvgIpc) is 2.45. The van der Waals surface area contributed by atoms with Gasteiger partial charge < -0.3 is 14.7 Å². The number of nitrogens with zero attached hydrogens (tertiary/aromatic N) is 2. The van der Waals surface area contributed by atoms with Crippen LogP contribution in [-0.4, -0.2) is 42.0 Å². The Bertz CT molecular complexity index is 614. The Balaban J connectivity index is 2.04. The van der Waals surface area contributed by atoms with Crippen molar-refractivity contribution in [2.24, 2.45) is 0 Å². The van der Waals surface area contributed by atoms with Crippen LogP contribution in [-0.2, 0) is 4.74 Å². The predicted molar refractivity (Wildman–Crippen MR) is 80.1 cm³/mol. The molecule has 4 nitrogen and oxygen atoms in total. The van der Waals surface area contributed by atoms with Crippen LogP contribution in [0.3, 0.4) is 0 Å². The van der Waals surface area contributed by atoms with Crippen molar-refractivity contribution >= 4 is 16.6 Å². The number of anilines is 1. The van der Waals surface area contributed by atoms with E-state index in [9.17, 15) is 5.11 Å². The highest BCUT2D eigenvalue weighted by atomic mass is 16.5. The molecule has 2 aromatic rings. The summed E-state index contributed by atoms with van der Waals surface area (Å²) in [4.78, 5) is 6.88. The number of hydrogen-bond donors (Lipinski definition) is 1. The van der Waals surface area contributed by atoms with Crippen molar-refractivity contribution in [3.63, 3.8) is 0 Å². The maximum atomic E-state index is 9.38. The summed E-state index contributed by atoms with van der Waals surface area (Å²) in [5.41, 5.74) is 3.21. The van der Waals surface area contributed by atoms with E-state index < -0.39 is 0 Å². The Kier molecular flexibility index (Phi) is 3.59. The molecule has 1 N–H and O–H groups in total. The third-order valence-electron chi connectivity index (χ3n) is 3.69. The molecule has 2 unspecified atom stereocenters. The normalized spacial score (nSPS) is 23.2. The molecule has 3 rings (SSSR count). The fourth-order valence-corrected chi connectivity index (χ4v) is 2.89. The van der Waals surface area contributed by atoms with E-state index in [2.05, 4.69) is 22.0 Å². The third kappa shape index (κ3) is 2.49. The molecule has 0 radical (unpaired) electrons. The Morgan fingerprint density at radius 2 is 2.15 bits per heavy atom. The minimum absolute atomic E-state index is 0.0584. The van der Waals surface area contributed by atoms with Crippen LogP contribution in [0, 0.1) is 6.92 Å². The van der Waals surface area contributed by atoms with Gasteiger partial charge in [-0.1, -0.05) is 18.2 Å². The third-order valence-corrected chi connectivity index (χ3v) is 3.69. The molecule has 0 bridgehead atoms. The van der Waals surface area contributed by atoms with Crippen molar-refractivity contribution in [1.82, 2.24) is 4.98 Å². The fraction of sp³-hybridized carbons (Fsp3) is 0.438. The summed E-state index contributed by atoms with van der Waals surface area (Å²) in [6.45, 7) is 5.68. The van der Waals surface area contributed by atoms with Crippen molar-refractivity contribution in [2.75, 3.05) is 24.6 Å². The molecule has 1 aliphatic heterocycles. The molecule has 1 aromatic carbocycles. The van der Waals surface area contributed by atoms with Gasteiger partial charge in [-0.05, 0) is 26.0 Å². The van der Waals surface area contributed by atoms with Gasteiger partial charge in [0.2, 0.25) is 0 Å². The Hall–Kier alpha value is -1.65. The first kappa shape index (κ1) is 13.3. The number of pyridine rings is 1. The average molecular weight is 272 g/mol. The van der Waals surface area contributed by atoms with Crippen molar-refractivity contribution in [1.29, 1.82) is 0 Å². The number of aryl methyl sites for hydroxylation is 1. The van der Waals surface area contributed by atoms with Gasteiger partial charge in [0.1, 0.15) is 0 Å². The van der Waals surface area contributed by atoms with Gasteiger partial charge in [0, 0.05) is 29.9 Å². The number of para-hydroxylation sites is 1. The summed E-state index contributed by atoms with van der Waals surface area (Å²) in [5, 5.41) is 10.5. The summed E-state index contributed by atoms with van der Waals surface area (Å²) in [7, 11) is 0. The zero-order valence-corrected chi connectivity index (χ0v) is 11.9. The number of benzene rings is 1. The van der Waals surface area contributed by atoms with E-state index in [-0.39, 0.29) is 18.8 Å². The van der Waals surface area contributed by atoms with Crippen LogP contribution in [0.4, 0.5) is 5.69 Å². The SMILES string of the molecule is Cc1cc(N2CC(C)OC(CO)C2)c2ccccc2n1. The van der Waals surface area contributed by atoms with Gasteiger partial charge in [0.25, 0.3) is 0 Å². The summed E-state index contributed by atoms with van der Waals surface area (Å²) in [5.74, 6) is 0. The lowest BCUT2D eigenvalue weighted by atomic mass is 10.1. The minimum Gasteiger partial charge on any atom is -0.394 e. The molecular formula is C16H20N2O2. The molecule has 106 valence electrons. The van der Waals surface area contributed by atoms with E-state index in [0.29, 0.717) is 6.54 Å². The van der Waals surface area contributed by atoms with Crippen LogP contribution < -0.4 is 4.90 Å². The van der Waals surface area contributed by atoms with Crippen LogP contribution in [0.2, 0.25) is 0 Å². The smallest absolute Gasteiger partial charge is 0.0984 e. The van der Waals surface area contributed by atoms with Crippen molar-refractivity contribution in [2.45, 2.75) is 26.1 Å². The molecule has 0 aliphatic carbocycles. The molecule has 2 atom stereocenters. The highest BCUT2D eigenvalue weighted by Gasteiger charge is 2.26. The second kappa shape index (κ2) is 5.38. The lowest BCUT2D eigenvalue weighted by molar-refractivity contribution is -0.0420. The Labute approximate surface area is 119 Å². The van der Waals surface area contributed by atoms with Crippen LogP contribution in [0.25, 0.3) is 10.9 Å². The number of rotatable bonds is 2. The quantitative estimate of drug-likeness (QED) is 0.909. The Morgan fingerprint density at radius 1 is 1.35 bits per heavy atom. The van der Waals surface area contributed by atoms with E-state index in [1.165, 1.54) is 5.69 Å². The maximum absolute atomic E-state index is 9.38.